The number of halogens is 1. The van der Waals surface area contributed by atoms with Crippen LogP contribution in [0.5, 0.6) is 5.75 Å². The van der Waals surface area contributed by atoms with E-state index < -0.39 is 6.17 Å². The van der Waals surface area contributed by atoms with Gasteiger partial charge in [0.25, 0.3) is 0 Å². The van der Waals surface area contributed by atoms with E-state index in [2.05, 4.69) is 24.8 Å². The molecule has 3 saturated carbocycles. The number of fused-ring (bicyclic) bond motifs is 4. The highest BCUT2D eigenvalue weighted by atomic mass is 19.1. The number of hydrazine groups is 2. The third-order valence-corrected chi connectivity index (χ3v) is 9.90. The van der Waals surface area contributed by atoms with Crippen LogP contribution in [0.1, 0.15) is 78.1 Å². The molecule has 3 fully saturated rings. The monoisotopic (exact) mass is 471 g/mol. The van der Waals surface area contributed by atoms with Crippen LogP contribution >= 0.6 is 0 Å². The summed E-state index contributed by atoms with van der Waals surface area (Å²) in [7, 11) is 1.66. The second-order valence-electron chi connectivity index (χ2n) is 11.8. The lowest BCUT2D eigenvalue weighted by molar-refractivity contribution is -0.127. The molecule has 0 amide bonds. The van der Waals surface area contributed by atoms with Crippen molar-refractivity contribution in [2.24, 2.45) is 35.0 Å². The molecule has 1 aromatic carbocycles. The highest BCUT2D eigenvalue weighted by molar-refractivity contribution is 5.89. The van der Waals surface area contributed by atoms with E-state index in [0.29, 0.717) is 30.1 Å². The van der Waals surface area contributed by atoms with Gasteiger partial charge in [-0.2, -0.15) is 0 Å². The molecule has 5 rings (SSSR count). The summed E-state index contributed by atoms with van der Waals surface area (Å²) >= 11 is 0. The molecule has 0 bridgehead atoms. The van der Waals surface area contributed by atoms with E-state index in [9.17, 15) is 4.79 Å². The molecule has 1 aromatic rings. The second kappa shape index (κ2) is 9.67. The Morgan fingerprint density at radius 3 is 2.76 bits per heavy atom. The Kier molecular flexibility index (Phi) is 6.80. The molecule has 0 spiro atoms. The zero-order valence-electron chi connectivity index (χ0n) is 21.1. The fourth-order valence-electron chi connectivity index (χ4n) is 7.94. The summed E-state index contributed by atoms with van der Waals surface area (Å²) < 4.78 is 20.8. The number of rotatable bonds is 4. The Morgan fingerprint density at radius 2 is 1.94 bits per heavy atom. The second-order valence-corrected chi connectivity index (χ2v) is 11.8. The molecule has 1 aliphatic heterocycles. The number of ether oxygens (including phenoxy) is 1. The van der Waals surface area contributed by atoms with Crippen molar-refractivity contribution in [3.63, 3.8) is 0 Å². The molecule has 4 aliphatic rings. The minimum atomic E-state index is -0.668. The zero-order valence-corrected chi connectivity index (χ0v) is 21.1. The SMILES string of the molecule is COc1ccc2c(c1)NNN2CC(=O)[C@H]1CCC2[C@@H]3CCCC[C@@H](C)CC[C@H](F)C3CC[C@@]21C. The summed E-state index contributed by atoms with van der Waals surface area (Å²) in [5, 5.41) is 1.92. The summed E-state index contributed by atoms with van der Waals surface area (Å²) in [6.45, 7) is 4.99. The van der Waals surface area contributed by atoms with Crippen molar-refractivity contribution in [1.82, 2.24) is 5.53 Å². The van der Waals surface area contributed by atoms with Crippen LogP contribution in [0, 0.1) is 35.0 Å². The molecule has 6 heteroatoms. The van der Waals surface area contributed by atoms with E-state index in [-0.39, 0.29) is 17.3 Å². The molecule has 0 radical (unpaired) electrons. The zero-order chi connectivity index (χ0) is 23.9. The van der Waals surface area contributed by atoms with Gasteiger partial charge in [0.1, 0.15) is 11.9 Å². The Labute approximate surface area is 204 Å². The first-order valence-electron chi connectivity index (χ1n) is 13.5. The fourth-order valence-corrected chi connectivity index (χ4v) is 7.94. The molecular formula is C28H42FN3O2. The molecule has 1 heterocycles. The average molecular weight is 472 g/mol. The number of Topliss-reactive ketones (excluding diaryl/α,β-unsaturated/α-hetero) is 1. The maximum absolute atomic E-state index is 15.5. The van der Waals surface area contributed by atoms with E-state index in [0.717, 1.165) is 62.1 Å². The lowest BCUT2D eigenvalue weighted by Gasteiger charge is -2.50. The predicted molar refractivity (Wildman–Crippen MR) is 134 cm³/mol. The Hall–Kier alpha value is -1.82. The van der Waals surface area contributed by atoms with Crippen LogP contribution in [0.4, 0.5) is 15.8 Å². The summed E-state index contributed by atoms with van der Waals surface area (Å²) in [6.07, 6.45) is 9.92. The van der Waals surface area contributed by atoms with Crippen molar-refractivity contribution in [2.75, 3.05) is 24.1 Å². The first-order chi connectivity index (χ1) is 16.4. The lowest BCUT2D eigenvalue weighted by atomic mass is 9.55. The quantitative estimate of drug-likeness (QED) is 0.539. The van der Waals surface area contributed by atoms with E-state index >= 15 is 4.39 Å². The van der Waals surface area contributed by atoms with Gasteiger partial charge in [-0.25, -0.2) is 4.39 Å². The molecule has 7 atom stereocenters. The van der Waals surface area contributed by atoms with Crippen molar-refractivity contribution < 1.29 is 13.9 Å². The van der Waals surface area contributed by atoms with Crippen LogP contribution in [0.15, 0.2) is 18.2 Å². The number of nitrogens with zero attached hydrogens (tertiary/aromatic N) is 1. The van der Waals surface area contributed by atoms with Crippen LogP contribution < -0.4 is 20.7 Å². The van der Waals surface area contributed by atoms with Gasteiger partial charge in [0.2, 0.25) is 0 Å². The smallest absolute Gasteiger partial charge is 0.157 e. The number of hydrogen-bond donors (Lipinski definition) is 2. The van der Waals surface area contributed by atoms with Crippen molar-refractivity contribution in [3.8, 4) is 5.75 Å². The maximum Gasteiger partial charge on any atom is 0.157 e. The van der Waals surface area contributed by atoms with Gasteiger partial charge in [0.05, 0.1) is 25.0 Å². The number of alkyl halides is 1. The number of methoxy groups -OCH3 is 1. The molecule has 0 aromatic heterocycles. The van der Waals surface area contributed by atoms with Crippen LogP contribution in [-0.2, 0) is 4.79 Å². The van der Waals surface area contributed by atoms with Crippen molar-refractivity contribution in [1.29, 1.82) is 0 Å². The van der Waals surface area contributed by atoms with E-state index in [1.807, 2.05) is 23.2 Å². The molecule has 188 valence electrons. The van der Waals surface area contributed by atoms with E-state index in [4.69, 9.17) is 4.74 Å². The number of nitrogens with one attached hydrogen (secondary N) is 2. The summed E-state index contributed by atoms with van der Waals surface area (Å²) in [4.78, 5) is 13.7. The number of anilines is 2. The maximum atomic E-state index is 15.5. The predicted octanol–water partition coefficient (Wildman–Crippen LogP) is 6.30. The average Bonchev–Trinajstić information content (AvgIpc) is 3.40. The molecule has 3 aliphatic carbocycles. The Balaban J connectivity index is 1.29. The number of hydrogen-bond acceptors (Lipinski definition) is 5. The third kappa shape index (κ3) is 4.31. The van der Waals surface area contributed by atoms with Gasteiger partial charge in [-0.15, -0.1) is 5.53 Å². The van der Waals surface area contributed by atoms with Crippen molar-refractivity contribution in [3.05, 3.63) is 18.2 Å². The summed E-state index contributed by atoms with van der Waals surface area (Å²) in [5.41, 5.74) is 8.21. The van der Waals surface area contributed by atoms with Gasteiger partial charge < -0.3 is 10.2 Å². The minimum Gasteiger partial charge on any atom is -0.497 e. The van der Waals surface area contributed by atoms with Crippen LogP contribution in [0.25, 0.3) is 0 Å². The van der Waals surface area contributed by atoms with Crippen LogP contribution in [-0.4, -0.2) is 25.6 Å². The van der Waals surface area contributed by atoms with Gasteiger partial charge >= 0.3 is 0 Å². The number of benzene rings is 1. The van der Waals surface area contributed by atoms with Crippen molar-refractivity contribution >= 4 is 17.2 Å². The Bertz CT molecular complexity index is 894. The normalized spacial score (nSPS) is 37.8. The topological polar surface area (TPSA) is 53.6 Å². The molecule has 0 saturated heterocycles. The fraction of sp³-hybridized carbons (Fsp3) is 0.750. The number of ketones is 1. The minimum absolute atomic E-state index is 0.00523. The van der Waals surface area contributed by atoms with E-state index in [1.165, 1.54) is 19.3 Å². The highest BCUT2D eigenvalue weighted by Crippen LogP contribution is 2.61. The van der Waals surface area contributed by atoms with Gasteiger partial charge in [-0.1, -0.05) is 33.1 Å². The van der Waals surface area contributed by atoms with Crippen LogP contribution in [0.3, 0.4) is 0 Å². The molecule has 2 unspecified atom stereocenters. The first-order valence-corrected chi connectivity index (χ1v) is 13.5. The van der Waals surface area contributed by atoms with Gasteiger partial charge in [-0.05, 0) is 86.2 Å². The number of carbonyl (C=O) groups excluding carboxylic acids is 1. The van der Waals surface area contributed by atoms with E-state index in [1.54, 1.807) is 7.11 Å². The molecule has 2 N–H and O–H groups in total. The summed E-state index contributed by atoms with van der Waals surface area (Å²) in [5.74, 6) is 2.94. The lowest BCUT2D eigenvalue weighted by Crippen LogP contribution is -2.48. The third-order valence-electron chi connectivity index (χ3n) is 9.90. The molecular weight excluding hydrogens is 429 g/mol. The highest BCUT2D eigenvalue weighted by Gasteiger charge is 2.56. The van der Waals surface area contributed by atoms with Gasteiger partial charge in [0, 0.05) is 12.0 Å². The van der Waals surface area contributed by atoms with Crippen LogP contribution in [0.2, 0.25) is 0 Å². The Morgan fingerprint density at radius 1 is 1.12 bits per heavy atom. The number of carbonyl (C=O) groups is 1. The van der Waals surface area contributed by atoms with Gasteiger partial charge in [0.15, 0.2) is 5.78 Å². The molecule has 5 nitrogen and oxygen atoms in total. The van der Waals surface area contributed by atoms with Gasteiger partial charge in [-0.3, -0.25) is 9.80 Å². The first kappa shape index (κ1) is 23.9. The largest absolute Gasteiger partial charge is 0.497 e. The molecule has 34 heavy (non-hydrogen) atoms. The van der Waals surface area contributed by atoms with Crippen molar-refractivity contribution in [2.45, 2.75) is 84.2 Å². The summed E-state index contributed by atoms with van der Waals surface area (Å²) in [6, 6.07) is 5.85. The standard InChI is InChI=1S/C28H42FN3O2/c1-18-6-4-5-7-20-21(24(29)12-8-18)14-15-28(2)22(20)10-11-23(28)27(33)17-32-26-13-9-19(34-3)16-25(26)30-31-32/h9,13,16,18,20-24,30-31H,4-8,10-12,14-15,17H2,1-3H3/t18-,20-,21?,22?,23-,24+,28+/m1/s1.